The van der Waals surface area contributed by atoms with Crippen LogP contribution in [0.25, 0.3) is 0 Å². The predicted octanol–water partition coefficient (Wildman–Crippen LogP) is 3.41. The molecule has 0 saturated heterocycles. The number of hydrogen-bond donors (Lipinski definition) is 1. The van der Waals surface area contributed by atoms with E-state index < -0.39 is 0 Å². The van der Waals surface area contributed by atoms with E-state index in [0.29, 0.717) is 6.04 Å². The Morgan fingerprint density at radius 2 is 1.89 bits per heavy atom. The van der Waals surface area contributed by atoms with Crippen LogP contribution in [0.3, 0.4) is 0 Å². The minimum atomic E-state index is -0.0693. The average molecular weight is 249 g/mol. The van der Waals surface area contributed by atoms with E-state index in [1.54, 1.807) is 7.11 Å². The monoisotopic (exact) mass is 249 g/mol. The first-order valence-corrected chi connectivity index (χ1v) is 6.90. The van der Waals surface area contributed by atoms with E-state index in [0.717, 1.165) is 19.4 Å². The van der Waals surface area contributed by atoms with Crippen LogP contribution in [0.2, 0.25) is 0 Å². The second kappa shape index (κ2) is 7.55. The third-order valence-corrected chi connectivity index (χ3v) is 3.30. The quantitative estimate of drug-likeness (QED) is 0.762. The minimum Gasteiger partial charge on any atom is -0.379 e. The number of methoxy groups -OCH3 is 1. The molecule has 0 heterocycles. The van der Waals surface area contributed by atoms with Crippen molar-refractivity contribution in [3.63, 3.8) is 0 Å². The maximum absolute atomic E-state index is 5.55. The van der Waals surface area contributed by atoms with Crippen LogP contribution in [0.15, 0.2) is 30.3 Å². The van der Waals surface area contributed by atoms with Crippen molar-refractivity contribution in [3.05, 3.63) is 35.9 Å². The summed E-state index contributed by atoms with van der Waals surface area (Å²) < 4.78 is 5.55. The van der Waals surface area contributed by atoms with Crippen molar-refractivity contribution in [2.75, 3.05) is 13.7 Å². The van der Waals surface area contributed by atoms with Crippen molar-refractivity contribution < 1.29 is 4.74 Å². The molecule has 0 amide bonds. The zero-order valence-electron chi connectivity index (χ0n) is 12.2. The predicted molar refractivity (Wildman–Crippen MR) is 77.9 cm³/mol. The Morgan fingerprint density at radius 1 is 1.22 bits per heavy atom. The average Bonchev–Trinajstić information content (AvgIpc) is 2.37. The highest BCUT2D eigenvalue weighted by Gasteiger charge is 2.22. The van der Waals surface area contributed by atoms with E-state index in [2.05, 4.69) is 56.4 Å². The lowest BCUT2D eigenvalue weighted by Gasteiger charge is -2.29. The molecule has 0 fully saturated rings. The van der Waals surface area contributed by atoms with Crippen molar-refractivity contribution >= 4 is 0 Å². The van der Waals surface area contributed by atoms with Gasteiger partial charge < -0.3 is 10.1 Å². The van der Waals surface area contributed by atoms with E-state index in [4.69, 9.17) is 4.74 Å². The molecule has 1 N–H and O–H groups in total. The summed E-state index contributed by atoms with van der Waals surface area (Å²) in [6.45, 7) is 7.57. The summed E-state index contributed by atoms with van der Waals surface area (Å²) in [7, 11) is 1.79. The van der Waals surface area contributed by atoms with Crippen LogP contribution in [-0.2, 0) is 11.2 Å². The maximum atomic E-state index is 5.55. The molecule has 2 nitrogen and oxygen atoms in total. The Labute approximate surface area is 112 Å². The van der Waals surface area contributed by atoms with Gasteiger partial charge in [0.1, 0.15) is 0 Å². The van der Waals surface area contributed by atoms with Crippen molar-refractivity contribution in [2.45, 2.75) is 51.7 Å². The summed E-state index contributed by atoms with van der Waals surface area (Å²) in [4.78, 5) is 0. The number of rotatable bonds is 8. The van der Waals surface area contributed by atoms with Crippen molar-refractivity contribution in [1.29, 1.82) is 0 Å². The van der Waals surface area contributed by atoms with Gasteiger partial charge >= 0.3 is 0 Å². The Bertz CT molecular complexity index is 321. The topological polar surface area (TPSA) is 21.3 Å². The van der Waals surface area contributed by atoms with Crippen LogP contribution in [0.4, 0.5) is 0 Å². The molecule has 0 aliphatic carbocycles. The van der Waals surface area contributed by atoms with Crippen LogP contribution < -0.4 is 5.32 Å². The van der Waals surface area contributed by atoms with E-state index in [-0.39, 0.29) is 5.60 Å². The smallest absolute Gasteiger partial charge is 0.0637 e. The first kappa shape index (κ1) is 15.2. The molecule has 0 aliphatic heterocycles. The Hall–Kier alpha value is -0.860. The lowest BCUT2D eigenvalue weighted by molar-refractivity contribution is 0.00714. The fourth-order valence-corrected chi connectivity index (χ4v) is 2.14. The molecule has 1 aromatic rings. The van der Waals surface area contributed by atoms with Crippen LogP contribution in [0, 0.1) is 0 Å². The van der Waals surface area contributed by atoms with E-state index in [1.807, 2.05) is 0 Å². The van der Waals surface area contributed by atoms with Gasteiger partial charge in [-0.2, -0.15) is 0 Å². The molecule has 0 aliphatic rings. The Morgan fingerprint density at radius 3 is 2.44 bits per heavy atom. The van der Waals surface area contributed by atoms with Crippen molar-refractivity contribution in [3.8, 4) is 0 Å². The molecule has 102 valence electrons. The third-order valence-electron chi connectivity index (χ3n) is 3.30. The van der Waals surface area contributed by atoms with E-state index >= 15 is 0 Å². The number of ether oxygens (including phenoxy) is 1. The van der Waals surface area contributed by atoms with Gasteiger partial charge in [-0.15, -0.1) is 0 Å². The molecule has 0 saturated carbocycles. The van der Waals surface area contributed by atoms with Gasteiger partial charge in [0, 0.05) is 13.2 Å². The van der Waals surface area contributed by atoms with Gasteiger partial charge in [-0.1, -0.05) is 37.3 Å². The lowest BCUT2D eigenvalue weighted by atomic mass is 9.94. The highest BCUT2D eigenvalue weighted by atomic mass is 16.5. The molecule has 1 unspecified atom stereocenters. The molecule has 1 atom stereocenters. The van der Waals surface area contributed by atoms with Gasteiger partial charge in [-0.05, 0) is 45.2 Å². The zero-order chi connectivity index (χ0) is 13.4. The Kier molecular flexibility index (Phi) is 6.37. The van der Waals surface area contributed by atoms with Crippen molar-refractivity contribution in [1.82, 2.24) is 5.32 Å². The molecule has 0 aromatic heterocycles. The number of benzene rings is 1. The summed E-state index contributed by atoms with van der Waals surface area (Å²) in [5, 5.41) is 3.63. The fraction of sp³-hybridized carbons (Fsp3) is 0.625. The molecule has 2 heteroatoms. The minimum absolute atomic E-state index is 0.0693. The highest BCUT2D eigenvalue weighted by molar-refractivity contribution is 5.16. The van der Waals surface area contributed by atoms with Gasteiger partial charge in [0.15, 0.2) is 0 Å². The summed E-state index contributed by atoms with van der Waals surface area (Å²) in [6.07, 6.45) is 3.25. The Balaban J connectivity index is 2.60. The number of hydrogen-bond acceptors (Lipinski definition) is 2. The maximum Gasteiger partial charge on any atom is 0.0637 e. The fourth-order valence-electron chi connectivity index (χ4n) is 2.14. The van der Waals surface area contributed by atoms with Crippen LogP contribution in [0.1, 0.15) is 39.2 Å². The van der Waals surface area contributed by atoms with Crippen LogP contribution in [-0.4, -0.2) is 25.3 Å². The van der Waals surface area contributed by atoms with Crippen LogP contribution in [0.5, 0.6) is 0 Å². The molecular formula is C16H27NO. The van der Waals surface area contributed by atoms with Gasteiger partial charge in [0.25, 0.3) is 0 Å². The lowest BCUT2D eigenvalue weighted by Crippen LogP contribution is -2.39. The van der Waals surface area contributed by atoms with E-state index in [1.165, 1.54) is 12.0 Å². The van der Waals surface area contributed by atoms with Gasteiger partial charge in [-0.3, -0.25) is 0 Å². The third kappa shape index (κ3) is 5.65. The van der Waals surface area contributed by atoms with Crippen molar-refractivity contribution in [2.24, 2.45) is 0 Å². The summed E-state index contributed by atoms with van der Waals surface area (Å²) in [5.41, 5.74) is 1.32. The zero-order valence-corrected chi connectivity index (χ0v) is 12.2. The van der Waals surface area contributed by atoms with Gasteiger partial charge in [-0.25, -0.2) is 0 Å². The summed E-state index contributed by atoms with van der Waals surface area (Å²) in [5.74, 6) is 0. The first-order chi connectivity index (χ1) is 8.57. The molecule has 0 bridgehead atoms. The van der Waals surface area contributed by atoms with E-state index in [9.17, 15) is 0 Å². The molecule has 0 radical (unpaired) electrons. The molecular weight excluding hydrogens is 222 g/mol. The molecule has 1 aromatic carbocycles. The van der Waals surface area contributed by atoms with Gasteiger partial charge in [0.2, 0.25) is 0 Å². The van der Waals surface area contributed by atoms with Gasteiger partial charge in [0.05, 0.1) is 5.60 Å². The normalized spacial score (nSPS) is 13.6. The SMILES string of the molecule is CCCNC(Cc1ccccc1)CC(C)(C)OC. The second-order valence-corrected chi connectivity index (χ2v) is 5.51. The summed E-state index contributed by atoms with van der Waals surface area (Å²) in [6, 6.07) is 11.1. The van der Waals surface area contributed by atoms with Crippen LogP contribution >= 0.6 is 0 Å². The molecule has 0 spiro atoms. The second-order valence-electron chi connectivity index (χ2n) is 5.51. The standard InChI is InChI=1S/C16H27NO/c1-5-11-17-15(13-16(2,3)18-4)12-14-9-7-6-8-10-14/h6-10,15,17H,5,11-13H2,1-4H3. The number of nitrogens with one attached hydrogen (secondary N) is 1. The largest absolute Gasteiger partial charge is 0.379 e. The highest BCUT2D eigenvalue weighted by Crippen LogP contribution is 2.18. The molecule has 1 rings (SSSR count). The first-order valence-electron chi connectivity index (χ1n) is 6.90. The summed E-state index contributed by atoms with van der Waals surface area (Å²) >= 11 is 0. The molecule has 18 heavy (non-hydrogen) atoms.